The normalized spacial score (nSPS) is 10.9. The zero-order valence-electron chi connectivity index (χ0n) is 14.1. The van der Waals surface area contributed by atoms with Crippen LogP contribution in [0.1, 0.15) is 26.3 Å². The van der Waals surface area contributed by atoms with Crippen molar-refractivity contribution in [3.05, 3.63) is 22.7 Å². The van der Waals surface area contributed by atoms with E-state index in [1.165, 1.54) is 6.07 Å². The van der Waals surface area contributed by atoms with Gasteiger partial charge in [0.15, 0.2) is 11.5 Å². The Kier molecular flexibility index (Phi) is 7.05. The summed E-state index contributed by atoms with van der Waals surface area (Å²) in [6, 6.07) is 2.38. The Bertz CT molecular complexity index is 633. The molecule has 0 heterocycles. The number of phenolic OH excluding ortho intramolecular Hbond substituents is 2. The molecule has 8 nitrogen and oxygen atoms in total. The summed E-state index contributed by atoms with van der Waals surface area (Å²) >= 11 is 5.81. The van der Waals surface area contributed by atoms with Gasteiger partial charge in [0.25, 0.3) is 0 Å². The molecule has 1 rings (SSSR count). The summed E-state index contributed by atoms with van der Waals surface area (Å²) in [7, 11) is 0. The number of benzene rings is 1. The highest BCUT2D eigenvalue weighted by Crippen LogP contribution is 2.35. The quantitative estimate of drug-likeness (QED) is 0.374. The van der Waals surface area contributed by atoms with Crippen LogP contribution in [0.25, 0.3) is 0 Å². The fraction of sp³-hybridized carbons (Fsp3) is 0.438. The van der Waals surface area contributed by atoms with Gasteiger partial charge in [0.05, 0.1) is 18.2 Å². The van der Waals surface area contributed by atoms with Gasteiger partial charge in [-0.3, -0.25) is 4.79 Å². The molecule has 0 saturated heterocycles. The van der Waals surface area contributed by atoms with Crippen molar-refractivity contribution in [2.24, 2.45) is 0 Å². The SMILES string of the molecule is CCOC(=O)C(Cc1cc(O)c(O)c(Cl)c1)(NC(C)=O)C(=O)OCC. The lowest BCUT2D eigenvalue weighted by molar-refractivity contribution is -0.168. The lowest BCUT2D eigenvalue weighted by Crippen LogP contribution is -2.62. The summed E-state index contributed by atoms with van der Waals surface area (Å²) in [5, 5.41) is 21.3. The van der Waals surface area contributed by atoms with Gasteiger partial charge < -0.3 is 25.0 Å². The van der Waals surface area contributed by atoms with Crippen molar-refractivity contribution in [1.82, 2.24) is 5.32 Å². The predicted octanol–water partition coefficient (Wildman–Crippen LogP) is 1.29. The van der Waals surface area contributed by atoms with Crippen molar-refractivity contribution < 1.29 is 34.1 Å². The largest absolute Gasteiger partial charge is 0.504 e. The van der Waals surface area contributed by atoms with Gasteiger partial charge in [-0.05, 0) is 31.5 Å². The Hall–Kier alpha value is -2.48. The number of carbonyl (C=O) groups excluding carboxylic acids is 3. The van der Waals surface area contributed by atoms with E-state index < -0.39 is 41.3 Å². The van der Waals surface area contributed by atoms with Gasteiger partial charge in [-0.15, -0.1) is 0 Å². The highest BCUT2D eigenvalue weighted by molar-refractivity contribution is 6.32. The maximum absolute atomic E-state index is 12.5. The number of phenols is 2. The lowest BCUT2D eigenvalue weighted by atomic mass is 9.90. The third-order valence-corrected chi connectivity index (χ3v) is 3.50. The number of aromatic hydroxyl groups is 2. The minimum atomic E-state index is -2.15. The molecular weight excluding hydrogens is 354 g/mol. The van der Waals surface area contributed by atoms with Crippen molar-refractivity contribution in [3.63, 3.8) is 0 Å². The first-order valence-electron chi connectivity index (χ1n) is 7.51. The second-order valence-electron chi connectivity index (χ2n) is 5.15. The third-order valence-electron chi connectivity index (χ3n) is 3.21. The predicted molar refractivity (Wildman–Crippen MR) is 88.3 cm³/mol. The highest BCUT2D eigenvalue weighted by Gasteiger charge is 2.50. The molecule has 0 aliphatic carbocycles. The van der Waals surface area contributed by atoms with Gasteiger partial charge >= 0.3 is 11.9 Å². The van der Waals surface area contributed by atoms with Gasteiger partial charge in [-0.2, -0.15) is 0 Å². The van der Waals surface area contributed by atoms with E-state index in [9.17, 15) is 24.6 Å². The van der Waals surface area contributed by atoms with Gasteiger partial charge in [0, 0.05) is 13.3 Å². The van der Waals surface area contributed by atoms with Crippen LogP contribution in [0.3, 0.4) is 0 Å². The second kappa shape index (κ2) is 8.57. The zero-order valence-corrected chi connectivity index (χ0v) is 14.8. The Morgan fingerprint density at radius 1 is 1.12 bits per heavy atom. The summed E-state index contributed by atoms with van der Waals surface area (Å²) in [5.41, 5.74) is -1.94. The minimum Gasteiger partial charge on any atom is -0.504 e. The van der Waals surface area contributed by atoms with E-state index in [0.29, 0.717) is 0 Å². The molecule has 138 valence electrons. The van der Waals surface area contributed by atoms with Crippen LogP contribution in [0, 0.1) is 0 Å². The van der Waals surface area contributed by atoms with Crippen LogP contribution in [-0.4, -0.2) is 46.8 Å². The Morgan fingerprint density at radius 2 is 1.64 bits per heavy atom. The molecule has 25 heavy (non-hydrogen) atoms. The van der Waals surface area contributed by atoms with Crippen molar-refractivity contribution in [2.75, 3.05) is 13.2 Å². The van der Waals surface area contributed by atoms with E-state index in [1.807, 2.05) is 0 Å². The summed E-state index contributed by atoms with van der Waals surface area (Å²) in [6.45, 7) is 4.17. The van der Waals surface area contributed by atoms with Crippen LogP contribution in [-0.2, 0) is 30.3 Å². The smallest absolute Gasteiger partial charge is 0.344 e. The van der Waals surface area contributed by atoms with Gasteiger partial charge in [0.2, 0.25) is 11.4 Å². The van der Waals surface area contributed by atoms with E-state index in [0.717, 1.165) is 13.0 Å². The molecule has 0 spiro atoms. The number of hydrogen-bond donors (Lipinski definition) is 3. The standard InChI is InChI=1S/C16H20ClNO7/c1-4-24-14(22)16(18-9(3)19,15(23)25-5-2)8-10-6-11(17)13(21)12(20)7-10/h6-7,20-21H,4-5,8H2,1-3H3,(H,18,19). The fourth-order valence-corrected chi connectivity index (χ4v) is 2.47. The molecule has 0 atom stereocenters. The molecule has 0 aliphatic rings. The third kappa shape index (κ3) is 4.76. The molecule has 0 unspecified atom stereocenters. The van der Waals surface area contributed by atoms with Gasteiger partial charge in [0.1, 0.15) is 0 Å². The molecule has 0 saturated carbocycles. The first-order valence-corrected chi connectivity index (χ1v) is 7.89. The van der Waals surface area contributed by atoms with E-state index in [2.05, 4.69) is 5.32 Å². The van der Waals surface area contributed by atoms with Crippen molar-refractivity contribution in [2.45, 2.75) is 32.7 Å². The van der Waals surface area contributed by atoms with E-state index >= 15 is 0 Å². The number of halogens is 1. The molecule has 9 heteroatoms. The summed E-state index contributed by atoms with van der Waals surface area (Å²) in [4.78, 5) is 36.6. The van der Waals surface area contributed by atoms with E-state index in [4.69, 9.17) is 21.1 Å². The fourth-order valence-electron chi connectivity index (χ4n) is 2.23. The number of esters is 2. The number of amides is 1. The Balaban J connectivity index is 3.44. The van der Waals surface area contributed by atoms with Crippen LogP contribution in [0.5, 0.6) is 11.5 Å². The van der Waals surface area contributed by atoms with Gasteiger partial charge in [-0.25, -0.2) is 9.59 Å². The lowest BCUT2D eigenvalue weighted by Gasteiger charge is -2.29. The van der Waals surface area contributed by atoms with Crippen LogP contribution in [0.4, 0.5) is 0 Å². The molecule has 1 aromatic rings. The molecule has 0 aromatic heterocycles. The number of ether oxygens (including phenoxy) is 2. The average Bonchev–Trinajstić information content (AvgIpc) is 2.51. The monoisotopic (exact) mass is 373 g/mol. The molecule has 1 amide bonds. The molecule has 0 radical (unpaired) electrons. The van der Waals surface area contributed by atoms with Gasteiger partial charge in [-0.1, -0.05) is 11.6 Å². The first kappa shape index (κ1) is 20.6. The number of rotatable bonds is 7. The topological polar surface area (TPSA) is 122 Å². The van der Waals surface area contributed by atoms with Crippen LogP contribution in [0.2, 0.25) is 5.02 Å². The molecule has 1 aromatic carbocycles. The highest BCUT2D eigenvalue weighted by atomic mass is 35.5. The van der Waals surface area contributed by atoms with Crippen molar-refractivity contribution >= 4 is 29.4 Å². The van der Waals surface area contributed by atoms with E-state index in [1.54, 1.807) is 13.8 Å². The molecule has 0 aliphatic heterocycles. The maximum atomic E-state index is 12.5. The van der Waals surface area contributed by atoms with Crippen LogP contribution in [0.15, 0.2) is 12.1 Å². The average molecular weight is 374 g/mol. The minimum absolute atomic E-state index is 0.0266. The summed E-state index contributed by atoms with van der Waals surface area (Å²) in [5.74, 6) is -3.75. The van der Waals surface area contributed by atoms with Crippen LogP contribution < -0.4 is 5.32 Å². The van der Waals surface area contributed by atoms with Crippen molar-refractivity contribution in [1.29, 1.82) is 0 Å². The summed E-state index contributed by atoms with van der Waals surface area (Å²) < 4.78 is 9.87. The maximum Gasteiger partial charge on any atom is 0.344 e. The van der Waals surface area contributed by atoms with E-state index in [-0.39, 0.29) is 23.8 Å². The van der Waals surface area contributed by atoms with Crippen LogP contribution >= 0.6 is 11.6 Å². The number of hydrogen-bond acceptors (Lipinski definition) is 7. The first-order chi connectivity index (χ1) is 11.7. The number of carbonyl (C=O) groups is 3. The molecule has 0 fully saturated rings. The Morgan fingerprint density at radius 3 is 2.04 bits per heavy atom. The molecule has 3 N–H and O–H groups in total. The zero-order chi connectivity index (χ0) is 19.2. The Labute approximate surface area is 149 Å². The molecular formula is C16H20ClNO7. The second-order valence-corrected chi connectivity index (χ2v) is 5.56. The van der Waals surface area contributed by atoms with Crippen molar-refractivity contribution in [3.8, 4) is 11.5 Å². The molecule has 0 bridgehead atoms. The summed E-state index contributed by atoms with van der Waals surface area (Å²) in [6.07, 6.45) is -0.391. The number of nitrogens with one attached hydrogen (secondary N) is 1.